The highest BCUT2D eigenvalue weighted by atomic mass is 16.2. The molecule has 27 heavy (non-hydrogen) atoms. The lowest BCUT2D eigenvalue weighted by molar-refractivity contribution is -0.140. The molecule has 0 aliphatic carbocycles. The molecule has 1 aromatic heterocycles. The van der Waals surface area contributed by atoms with Gasteiger partial charge in [0.05, 0.1) is 0 Å². The fourth-order valence-corrected chi connectivity index (χ4v) is 3.15. The molecular formula is C20H22N4O3. The molecule has 0 saturated heterocycles. The zero-order chi connectivity index (χ0) is 19.6. The molecule has 0 spiro atoms. The van der Waals surface area contributed by atoms with Gasteiger partial charge in [0.25, 0.3) is 5.91 Å². The lowest BCUT2D eigenvalue weighted by Gasteiger charge is -2.22. The number of nitrogens with zero attached hydrogens (tertiary/aromatic N) is 2. The summed E-state index contributed by atoms with van der Waals surface area (Å²) in [5, 5.41) is 5.12. The van der Waals surface area contributed by atoms with E-state index >= 15 is 0 Å². The predicted molar refractivity (Wildman–Crippen MR) is 101 cm³/mol. The average molecular weight is 366 g/mol. The van der Waals surface area contributed by atoms with E-state index in [2.05, 4.69) is 15.6 Å². The maximum atomic E-state index is 12.8. The van der Waals surface area contributed by atoms with Gasteiger partial charge < -0.3 is 15.5 Å². The maximum Gasteiger partial charge on any atom is 0.310 e. The molecule has 0 radical (unpaired) electrons. The Bertz CT molecular complexity index is 880. The SMILES string of the molecule is Cc1ccc2c(c1)[C@@H](NC(=O)C(=O)NCc1cccnc1)C(=O)N2C(C)C. The summed E-state index contributed by atoms with van der Waals surface area (Å²) in [6.07, 6.45) is 3.24. The Hall–Kier alpha value is -3.22. The number of anilines is 1. The van der Waals surface area contributed by atoms with Crippen LogP contribution >= 0.6 is 0 Å². The van der Waals surface area contributed by atoms with Gasteiger partial charge in [-0.05, 0) is 38.5 Å². The van der Waals surface area contributed by atoms with E-state index in [1.165, 1.54) is 0 Å². The molecule has 2 N–H and O–H groups in total. The predicted octanol–water partition coefficient (Wildman–Crippen LogP) is 1.62. The van der Waals surface area contributed by atoms with Gasteiger partial charge in [0.1, 0.15) is 6.04 Å². The largest absolute Gasteiger partial charge is 0.344 e. The first-order chi connectivity index (χ1) is 12.9. The topological polar surface area (TPSA) is 91.4 Å². The third kappa shape index (κ3) is 3.81. The first-order valence-corrected chi connectivity index (χ1v) is 8.79. The summed E-state index contributed by atoms with van der Waals surface area (Å²) >= 11 is 0. The molecule has 3 amide bonds. The molecule has 7 nitrogen and oxygen atoms in total. The molecule has 2 heterocycles. The first kappa shape index (κ1) is 18.6. The van der Waals surface area contributed by atoms with Gasteiger partial charge in [0.2, 0.25) is 0 Å². The van der Waals surface area contributed by atoms with Gasteiger partial charge in [-0.15, -0.1) is 0 Å². The number of hydrogen-bond donors (Lipinski definition) is 2. The van der Waals surface area contributed by atoms with Crippen LogP contribution in [0.1, 0.15) is 36.6 Å². The number of aryl methyl sites for hydroxylation is 1. The van der Waals surface area contributed by atoms with Gasteiger partial charge in [0, 0.05) is 36.2 Å². The smallest absolute Gasteiger partial charge is 0.310 e. The van der Waals surface area contributed by atoms with Crippen molar-refractivity contribution in [3.8, 4) is 0 Å². The quantitative estimate of drug-likeness (QED) is 0.805. The van der Waals surface area contributed by atoms with Crippen molar-refractivity contribution in [2.45, 2.75) is 39.4 Å². The van der Waals surface area contributed by atoms with E-state index < -0.39 is 17.9 Å². The summed E-state index contributed by atoms with van der Waals surface area (Å²) in [6.45, 7) is 5.92. The molecule has 2 aromatic rings. The molecule has 0 unspecified atom stereocenters. The maximum absolute atomic E-state index is 12.8. The summed E-state index contributed by atoms with van der Waals surface area (Å²) in [6, 6.07) is 8.29. The molecule has 0 fully saturated rings. The second kappa shape index (κ2) is 7.57. The van der Waals surface area contributed by atoms with E-state index in [-0.39, 0.29) is 18.5 Å². The number of amides is 3. The number of fused-ring (bicyclic) bond motifs is 1. The Morgan fingerprint density at radius 2 is 2.00 bits per heavy atom. The standard InChI is InChI=1S/C20H22N4O3/c1-12(2)24-16-7-6-13(3)9-15(16)17(20(24)27)23-19(26)18(25)22-11-14-5-4-8-21-10-14/h4-10,12,17H,11H2,1-3H3,(H,22,25)(H,23,26)/t17-/m1/s1. The molecule has 1 aliphatic rings. The highest BCUT2D eigenvalue weighted by Gasteiger charge is 2.40. The van der Waals surface area contributed by atoms with Crippen LogP contribution < -0.4 is 15.5 Å². The third-order valence-electron chi connectivity index (χ3n) is 4.41. The summed E-state index contributed by atoms with van der Waals surface area (Å²) in [5.74, 6) is -1.86. The van der Waals surface area contributed by atoms with Gasteiger partial charge in [-0.2, -0.15) is 0 Å². The molecule has 0 bridgehead atoms. The number of rotatable bonds is 4. The van der Waals surface area contributed by atoms with Gasteiger partial charge in [-0.1, -0.05) is 23.8 Å². The zero-order valence-corrected chi connectivity index (χ0v) is 15.5. The molecule has 3 rings (SSSR count). The Balaban J connectivity index is 1.72. The fourth-order valence-electron chi connectivity index (χ4n) is 3.15. The van der Waals surface area contributed by atoms with Crippen LogP contribution in [0.5, 0.6) is 0 Å². The zero-order valence-electron chi connectivity index (χ0n) is 15.5. The number of nitrogens with one attached hydrogen (secondary N) is 2. The van der Waals surface area contributed by atoms with Crippen molar-refractivity contribution < 1.29 is 14.4 Å². The van der Waals surface area contributed by atoms with Crippen LogP contribution in [0, 0.1) is 6.92 Å². The van der Waals surface area contributed by atoms with Crippen molar-refractivity contribution in [2.24, 2.45) is 0 Å². The summed E-state index contributed by atoms with van der Waals surface area (Å²) < 4.78 is 0. The van der Waals surface area contributed by atoms with Gasteiger partial charge >= 0.3 is 11.8 Å². The van der Waals surface area contributed by atoms with Crippen LogP contribution in [0.3, 0.4) is 0 Å². The number of hydrogen-bond acceptors (Lipinski definition) is 4. The van der Waals surface area contributed by atoms with Gasteiger partial charge in [-0.3, -0.25) is 19.4 Å². The van der Waals surface area contributed by atoms with E-state index in [4.69, 9.17) is 0 Å². The summed E-state index contributed by atoms with van der Waals surface area (Å²) in [7, 11) is 0. The number of pyridine rings is 1. The van der Waals surface area contributed by atoms with E-state index in [0.29, 0.717) is 5.56 Å². The number of carbonyl (C=O) groups excluding carboxylic acids is 3. The van der Waals surface area contributed by atoms with Gasteiger partial charge in [0.15, 0.2) is 0 Å². The third-order valence-corrected chi connectivity index (χ3v) is 4.41. The monoisotopic (exact) mass is 366 g/mol. The summed E-state index contributed by atoms with van der Waals surface area (Å²) in [5.41, 5.74) is 3.23. The van der Waals surface area contributed by atoms with Crippen molar-refractivity contribution in [1.82, 2.24) is 15.6 Å². The Morgan fingerprint density at radius 1 is 1.22 bits per heavy atom. The van der Waals surface area contributed by atoms with Crippen LogP contribution in [0.25, 0.3) is 0 Å². The summed E-state index contributed by atoms with van der Waals surface area (Å²) in [4.78, 5) is 42.9. The second-order valence-corrected chi connectivity index (χ2v) is 6.81. The normalized spacial score (nSPS) is 15.6. The van der Waals surface area contributed by atoms with E-state index in [9.17, 15) is 14.4 Å². The van der Waals surface area contributed by atoms with E-state index in [0.717, 1.165) is 16.8 Å². The van der Waals surface area contributed by atoms with Crippen molar-refractivity contribution in [1.29, 1.82) is 0 Å². The van der Waals surface area contributed by atoms with Gasteiger partial charge in [-0.25, -0.2) is 0 Å². The second-order valence-electron chi connectivity index (χ2n) is 6.81. The minimum Gasteiger partial charge on any atom is -0.344 e. The minimum absolute atomic E-state index is 0.0553. The Kier molecular flexibility index (Phi) is 5.21. The number of carbonyl (C=O) groups is 3. The Labute approximate surface area is 157 Å². The molecule has 0 saturated carbocycles. The van der Waals surface area contributed by atoms with Crippen LogP contribution in [0.4, 0.5) is 5.69 Å². The van der Waals surface area contributed by atoms with E-state index in [1.54, 1.807) is 29.4 Å². The van der Waals surface area contributed by atoms with Crippen molar-refractivity contribution in [2.75, 3.05) is 4.90 Å². The van der Waals surface area contributed by atoms with Crippen molar-refractivity contribution in [3.63, 3.8) is 0 Å². The molecule has 140 valence electrons. The minimum atomic E-state index is -0.862. The first-order valence-electron chi connectivity index (χ1n) is 8.79. The average Bonchev–Trinajstić information content (AvgIpc) is 2.92. The fraction of sp³-hybridized carbons (Fsp3) is 0.300. The van der Waals surface area contributed by atoms with E-state index in [1.807, 2.05) is 39.0 Å². The van der Waals surface area contributed by atoms with Crippen molar-refractivity contribution >= 4 is 23.4 Å². The highest BCUT2D eigenvalue weighted by Crippen LogP contribution is 2.37. The molecule has 7 heteroatoms. The lowest BCUT2D eigenvalue weighted by Crippen LogP contribution is -2.45. The van der Waals surface area contributed by atoms with Crippen LogP contribution in [0.2, 0.25) is 0 Å². The molecule has 1 aliphatic heterocycles. The number of aromatic nitrogens is 1. The van der Waals surface area contributed by atoms with Crippen LogP contribution in [0.15, 0.2) is 42.7 Å². The lowest BCUT2D eigenvalue weighted by atomic mass is 10.1. The van der Waals surface area contributed by atoms with Crippen LogP contribution in [-0.2, 0) is 20.9 Å². The highest BCUT2D eigenvalue weighted by molar-refractivity contribution is 6.35. The van der Waals surface area contributed by atoms with Crippen molar-refractivity contribution in [3.05, 3.63) is 59.4 Å². The number of benzene rings is 1. The Morgan fingerprint density at radius 3 is 2.67 bits per heavy atom. The molecular weight excluding hydrogens is 344 g/mol. The molecule has 1 aromatic carbocycles. The molecule has 1 atom stereocenters. The van der Waals surface area contributed by atoms with Crippen LogP contribution in [-0.4, -0.2) is 28.7 Å².